The molecule has 2 fully saturated rings. The molecule has 2 aliphatic heterocycles. The van der Waals surface area contributed by atoms with E-state index in [0.717, 1.165) is 52.1 Å². The van der Waals surface area contributed by atoms with E-state index in [-0.39, 0.29) is 5.91 Å². The van der Waals surface area contributed by atoms with Gasteiger partial charge in [-0.1, -0.05) is 6.92 Å². The van der Waals surface area contributed by atoms with Crippen LogP contribution in [0.4, 0.5) is 0 Å². The smallest absolute Gasteiger partial charge is 0.311 e. The molecule has 1 N–H and O–H groups in total. The zero-order valence-electron chi connectivity index (χ0n) is 13.3. The summed E-state index contributed by atoms with van der Waals surface area (Å²) in [6.07, 6.45) is 2.15. The Labute approximate surface area is 127 Å². The summed E-state index contributed by atoms with van der Waals surface area (Å²) in [5, 5.41) is 2.77. The molecule has 1 unspecified atom stereocenters. The lowest BCUT2D eigenvalue weighted by Crippen LogP contribution is -2.50. The van der Waals surface area contributed by atoms with Crippen LogP contribution in [0.15, 0.2) is 0 Å². The Morgan fingerprint density at radius 2 is 1.86 bits per heavy atom. The standard InChI is InChI=1S/C15H28N4O2/c1-13-4-3-6-19(12-13)15(21)14(20)16-5-7-18-10-8-17(2)9-11-18/h13H,3-12H2,1-2H3,(H,16,20). The first-order valence-corrected chi connectivity index (χ1v) is 8.04. The molecule has 120 valence electrons. The second kappa shape index (κ2) is 7.75. The molecule has 21 heavy (non-hydrogen) atoms. The van der Waals surface area contributed by atoms with Crippen molar-refractivity contribution in [3.05, 3.63) is 0 Å². The van der Waals surface area contributed by atoms with Crippen molar-refractivity contribution in [1.29, 1.82) is 0 Å². The molecule has 1 atom stereocenters. The lowest BCUT2D eigenvalue weighted by atomic mass is 10.0. The third-order valence-corrected chi connectivity index (χ3v) is 4.45. The number of piperidine rings is 1. The van der Waals surface area contributed by atoms with Crippen LogP contribution in [0.5, 0.6) is 0 Å². The first kappa shape index (κ1) is 16.2. The van der Waals surface area contributed by atoms with Crippen molar-refractivity contribution in [2.24, 2.45) is 5.92 Å². The number of nitrogens with zero attached hydrogens (tertiary/aromatic N) is 3. The molecule has 0 bridgehead atoms. The Bertz CT molecular complexity index is 367. The van der Waals surface area contributed by atoms with Gasteiger partial charge in [0.2, 0.25) is 0 Å². The highest BCUT2D eigenvalue weighted by molar-refractivity contribution is 6.35. The Morgan fingerprint density at radius 1 is 1.14 bits per heavy atom. The molecule has 0 spiro atoms. The zero-order valence-corrected chi connectivity index (χ0v) is 13.3. The molecule has 0 saturated carbocycles. The largest absolute Gasteiger partial charge is 0.347 e. The Balaban J connectivity index is 1.65. The number of amides is 2. The van der Waals surface area contributed by atoms with Gasteiger partial charge in [-0.25, -0.2) is 0 Å². The van der Waals surface area contributed by atoms with Gasteiger partial charge in [0.15, 0.2) is 0 Å². The summed E-state index contributed by atoms with van der Waals surface area (Å²) in [6, 6.07) is 0. The van der Waals surface area contributed by atoms with Crippen LogP contribution in [0.25, 0.3) is 0 Å². The molecule has 0 aromatic carbocycles. The lowest BCUT2D eigenvalue weighted by Gasteiger charge is -2.32. The van der Waals surface area contributed by atoms with Gasteiger partial charge in [0, 0.05) is 52.4 Å². The number of rotatable bonds is 3. The highest BCUT2D eigenvalue weighted by atomic mass is 16.2. The minimum atomic E-state index is -0.446. The first-order chi connectivity index (χ1) is 10.1. The molecule has 0 aromatic rings. The molecular weight excluding hydrogens is 268 g/mol. The van der Waals surface area contributed by atoms with Crippen molar-refractivity contribution in [3.63, 3.8) is 0 Å². The van der Waals surface area contributed by atoms with E-state index in [1.54, 1.807) is 4.90 Å². The number of carbonyl (C=O) groups excluding carboxylic acids is 2. The molecule has 2 saturated heterocycles. The van der Waals surface area contributed by atoms with Gasteiger partial charge in [-0.3, -0.25) is 14.5 Å². The average molecular weight is 296 g/mol. The van der Waals surface area contributed by atoms with Crippen molar-refractivity contribution >= 4 is 11.8 Å². The Morgan fingerprint density at radius 3 is 2.52 bits per heavy atom. The summed E-state index contributed by atoms with van der Waals surface area (Å²) >= 11 is 0. The maximum atomic E-state index is 12.1. The summed E-state index contributed by atoms with van der Waals surface area (Å²) < 4.78 is 0. The quantitative estimate of drug-likeness (QED) is 0.721. The molecule has 2 rings (SSSR count). The normalized spacial score (nSPS) is 24.9. The zero-order chi connectivity index (χ0) is 15.2. The molecule has 0 aliphatic carbocycles. The van der Waals surface area contributed by atoms with Gasteiger partial charge in [0.25, 0.3) is 0 Å². The van der Waals surface area contributed by atoms with Crippen molar-refractivity contribution in [2.75, 3.05) is 59.4 Å². The van der Waals surface area contributed by atoms with Crippen molar-refractivity contribution in [3.8, 4) is 0 Å². The van der Waals surface area contributed by atoms with Crippen LogP contribution in [0.1, 0.15) is 19.8 Å². The number of hydrogen-bond acceptors (Lipinski definition) is 4. The minimum absolute atomic E-state index is 0.361. The number of piperazine rings is 1. The number of hydrogen-bond donors (Lipinski definition) is 1. The van der Waals surface area contributed by atoms with E-state index in [9.17, 15) is 9.59 Å². The molecule has 6 nitrogen and oxygen atoms in total. The van der Waals surface area contributed by atoms with E-state index >= 15 is 0 Å². The van der Waals surface area contributed by atoms with Crippen molar-refractivity contribution in [1.82, 2.24) is 20.0 Å². The van der Waals surface area contributed by atoms with E-state index in [0.29, 0.717) is 19.0 Å². The van der Waals surface area contributed by atoms with Crippen LogP contribution < -0.4 is 5.32 Å². The topological polar surface area (TPSA) is 55.9 Å². The molecule has 6 heteroatoms. The van der Waals surface area contributed by atoms with Gasteiger partial charge in [-0.05, 0) is 25.8 Å². The maximum absolute atomic E-state index is 12.1. The van der Waals surface area contributed by atoms with E-state index in [2.05, 4.69) is 29.1 Å². The van der Waals surface area contributed by atoms with Crippen LogP contribution in [0, 0.1) is 5.92 Å². The number of nitrogens with one attached hydrogen (secondary N) is 1. The fourth-order valence-corrected chi connectivity index (χ4v) is 2.99. The summed E-state index contributed by atoms with van der Waals surface area (Å²) in [4.78, 5) is 30.3. The second-order valence-electron chi connectivity index (χ2n) is 6.40. The predicted octanol–water partition coefficient (Wildman–Crippen LogP) is -0.391. The summed E-state index contributed by atoms with van der Waals surface area (Å²) in [5.41, 5.74) is 0. The van der Waals surface area contributed by atoms with Crippen LogP contribution in [0.3, 0.4) is 0 Å². The van der Waals surface area contributed by atoms with E-state index in [4.69, 9.17) is 0 Å². The summed E-state index contributed by atoms with van der Waals surface area (Å²) in [7, 11) is 2.12. The van der Waals surface area contributed by atoms with E-state index in [1.165, 1.54) is 0 Å². The predicted molar refractivity (Wildman–Crippen MR) is 81.9 cm³/mol. The SMILES string of the molecule is CC1CCCN(C(=O)C(=O)NCCN2CCN(C)CC2)C1. The van der Waals surface area contributed by atoms with Crippen LogP contribution in [-0.2, 0) is 9.59 Å². The van der Waals surface area contributed by atoms with Gasteiger partial charge < -0.3 is 15.1 Å². The molecule has 2 aliphatic rings. The Kier molecular flexibility index (Phi) is 5.99. The fourth-order valence-electron chi connectivity index (χ4n) is 2.99. The lowest BCUT2D eigenvalue weighted by molar-refractivity contribution is -0.147. The maximum Gasteiger partial charge on any atom is 0.311 e. The molecule has 0 aromatic heterocycles. The highest BCUT2D eigenvalue weighted by Crippen LogP contribution is 2.15. The van der Waals surface area contributed by atoms with E-state index in [1.807, 2.05) is 0 Å². The van der Waals surface area contributed by atoms with Gasteiger partial charge in [0.1, 0.15) is 0 Å². The molecule has 0 radical (unpaired) electrons. The Hall–Kier alpha value is -1.14. The summed E-state index contributed by atoms with van der Waals surface area (Å²) in [6.45, 7) is 9.14. The monoisotopic (exact) mass is 296 g/mol. The molecule has 2 heterocycles. The first-order valence-electron chi connectivity index (χ1n) is 8.04. The molecular formula is C15H28N4O2. The third kappa shape index (κ3) is 4.97. The van der Waals surface area contributed by atoms with Gasteiger partial charge in [-0.15, -0.1) is 0 Å². The average Bonchev–Trinajstić information content (AvgIpc) is 2.48. The van der Waals surface area contributed by atoms with Crippen molar-refractivity contribution in [2.45, 2.75) is 19.8 Å². The minimum Gasteiger partial charge on any atom is -0.347 e. The summed E-state index contributed by atoms with van der Waals surface area (Å²) in [5.74, 6) is -0.306. The van der Waals surface area contributed by atoms with Crippen LogP contribution >= 0.6 is 0 Å². The van der Waals surface area contributed by atoms with E-state index < -0.39 is 5.91 Å². The van der Waals surface area contributed by atoms with Gasteiger partial charge in [-0.2, -0.15) is 0 Å². The van der Waals surface area contributed by atoms with Crippen LogP contribution in [0.2, 0.25) is 0 Å². The van der Waals surface area contributed by atoms with Gasteiger partial charge >= 0.3 is 11.8 Å². The third-order valence-electron chi connectivity index (χ3n) is 4.45. The number of likely N-dealkylation sites (N-methyl/N-ethyl adjacent to an activating group) is 1. The highest BCUT2D eigenvalue weighted by Gasteiger charge is 2.25. The second-order valence-corrected chi connectivity index (χ2v) is 6.40. The number of likely N-dealkylation sites (tertiary alicyclic amines) is 1. The van der Waals surface area contributed by atoms with Gasteiger partial charge in [0.05, 0.1) is 0 Å². The van der Waals surface area contributed by atoms with Crippen LogP contribution in [-0.4, -0.2) is 85.9 Å². The van der Waals surface area contributed by atoms with Crippen molar-refractivity contribution < 1.29 is 9.59 Å². The molecule has 2 amide bonds. The number of carbonyl (C=O) groups is 2. The fraction of sp³-hybridized carbons (Fsp3) is 0.867.